The number of nitrogens with zero attached hydrogens (tertiary/aromatic N) is 1. The van der Waals surface area contributed by atoms with E-state index in [9.17, 15) is 4.79 Å². The van der Waals surface area contributed by atoms with Crippen molar-refractivity contribution in [3.05, 3.63) is 12.7 Å². The highest BCUT2D eigenvalue weighted by molar-refractivity contribution is 5.86. The Morgan fingerprint density at radius 2 is 1.88 bits per heavy atom. The molecule has 0 aliphatic carbocycles. The fraction of sp³-hybridized carbons (Fsp3) is 0.800. The Bertz CT molecular complexity index is 247. The van der Waals surface area contributed by atoms with Gasteiger partial charge in [-0.2, -0.15) is 0 Å². The first-order valence-corrected chi connectivity index (χ1v) is 6.91. The van der Waals surface area contributed by atoms with Gasteiger partial charge in [0.15, 0.2) is 0 Å². The van der Waals surface area contributed by atoms with Gasteiger partial charge in [-0.15, -0.1) is 0 Å². The summed E-state index contributed by atoms with van der Waals surface area (Å²) in [5, 5.41) is 0. The molecule has 1 saturated heterocycles. The molecule has 1 aliphatic heterocycles. The SMILES string of the molecule is C=CC(=O)N1CCCC(C)(C(C)C)CC1.CC. The molecule has 17 heavy (non-hydrogen) atoms. The molecule has 0 aromatic heterocycles. The Morgan fingerprint density at radius 1 is 1.29 bits per heavy atom. The lowest BCUT2D eigenvalue weighted by molar-refractivity contribution is -0.126. The second-order valence-electron chi connectivity index (χ2n) is 5.19. The van der Waals surface area contributed by atoms with Crippen LogP contribution in [0.25, 0.3) is 0 Å². The highest BCUT2D eigenvalue weighted by Gasteiger charge is 2.31. The lowest BCUT2D eigenvalue weighted by Gasteiger charge is -2.32. The third kappa shape index (κ3) is 4.53. The van der Waals surface area contributed by atoms with Crippen LogP contribution in [0.1, 0.15) is 53.9 Å². The third-order valence-electron chi connectivity index (χ3n) is 4.01. The topological polar surface area (TPSA) is 20.3 Å². The van der Waals surface area contributed by atoms with Gasteiger partial charge < -0.3 is 4.90 Å². The van der Waals surface area contributed by atoms with Gasteiger partial charge in [-0.1, -0.05) is 41.2 Å². The Morgan fingerprint density at radius 3 is 2.35 bits per heavy atom. The normalized spacial score (nSPS) is 24.7. The summed E-state index contributed by atoms with van der Waals surface area (Å²) in [4.78, 5) is 13.4. The molecule has 1 atom stereocenters. The lowest BCUT2D eigenvalue weighted by Crippen LogP contribution is -2.31. The standard InChI is InChI=1S/C13H23NO.C2H6/c1-5-12(15)14-9-6-7-13(4,8-10-14)11(2)3;1-2/h5,11H,1,6-10H2,2-4H3;1-2H3. The molecule has 100 valence electrons. The Labute approximate surface area is 107 Å². The summed E-state index contributed by atoms with van der Waals surface area (Å²) in [6.07, 6.45) is 4.89. The Kier molecular flexibility index (Phi) is 7.17. The van der Waals surface area contributed by atoms with Crippen LogP contribution in [0.15, 0.2) is 12.7 Å². The van der Waals surface area contributed by atoms with Crippen molar-refractivity contribution in [3.63, 3.8) is 0 Å². The van der Waals surface area contributed by atoms with E-state index in [4.69, 9.17) is 0 Å². The maximum absolute atomic E-state index is 11.5. The second-order valence-corrected chi connectivity index (χ2v) is 5.19. The van der Waals surface area contributed by atoms with E-state index in [1.807, 2.05) is 18.7 Å². The number of carbonyl (C=O) groups is 1. The van der Waals surface area contributed by atoms with Crippen LogP contribution >= 0.6 is 0 Å². The molecule has 1 rings (SSSR count). The van der Waals surface area contributed by atoms with Gasteiger partial charge in [-0.25, -0.2) is 0 Å². The van der Waals surface area contributed by atoms with Crippen molar-refractivity contribution in [1.29, 1.82) is 0 Å². The van der Waals surface area contributed by atoms with E-state index in [2.05, 4.69) is 27.4 Å². The van der Waals surface area contributed by atoms with Crippen LogP contribution in [-0.2, 0) is 4.79 Å². The molecule has 0 aromatic rings. The van der Waals surface area contributed by atoms with Gasteiger partial charge >= 0.3 is 0 Å². The molecule has 0 saturated carbocycles. The van der Waals surface area contributed by atoms with Crippen molar-refractivity contribution >= 4 is 5.91 Å². The number of carbonyl (C=O) groups excluding carboxylic acids is 1. The smallest absolute Gasteiger partial charge is 0.245 e. The summed E-state index contributed by atoms with van der Waals surface area (Å²) < 4.78 is 0. The van der Waals surface area contributed by atoms with Crippen molar-refractivity contribution in [2.24, 2.45) is 11.3 Å². The fourth-order valence-corrected chi connectivity index (χ4v) is 2.23. The zero-order chi connectivity index (χ0) is 13.5. The number of likely N-dealkylation sites (tertiary alicyclic amines) is 1. The quantitative estimate of drug-likeness (QED) is 0.670. The molecule has 1 fully saturated rings. The van der Waals surface area contributed by atoms with Gasteiger partial charge in [0, 0.05) is 13.1 Å². The molecule has 0 aromatic carbocycles. The molecule has 1 unspecified atom stereocenters. The predicted octanol–water partition coefficient (Wildman–Crippen LogP) is 3.87. The molecule has 0 N–H and O–H groups in total. The van der Waals surface area contributed by atoms with E-state index in [-0.39, 0.29) is 5.91 Å². The highest BCUT2D eigenvalue weighted by atomic mass is 16.2. The fourth-order valence-electron chi connectivity index (χ4n) is 2.23. The van der Waals surface area contributed by atoms with Gasteiger partial charge in [0.2, 0.25) is 5.91 Å². The van der Waals surface area contributed by atoms with Crippen molar-refractivity contribution in [2.45, 2.75) is 53.9 Å². The Balaban J connectivity index is 0.00000121. The van der Waals surface area contributed by atoms with Gasteiger partial charge in [0.25, 0.3) is 0 Å². The molecular formula is C15H29NO. The van der Waals surface area contributed by atoms with E-state index in [1.165, 1.54) is 12.5 Å². The predicted molar refractivity (Wildman–Crippen MR) is 74.9 cm³/mol. The van der Waals surface area contributed by atoms with Gasteiger partial charge in [-0.05, 0) is 36.7 Å². The third-order valence-corrected chi connectivity index (χ3v) is 4.01. The van der Waals surface area contributed by atoms with E-state index in [0.717, 1.165) is 25.9 Å². The monoisotopic (exact) mass is 239 g/mol. The van der Waals surface area contributed by atoms with Gasteiger partial charge in [-0.3, -0.25) is 4.79 Å². The average molecular weight is 239 g/mol. The molecule has 2 nitrogen and oxygen atoms in total. The molecule has 0 radical (unpaired) electrons. The number of hydrogen-bond acceptors (Lipinski definition) is 1. The first kappa shape index (κ1) is 16.2. The summed E-state index contributed by atoms with van der Waals surface area (Å²) in [6.45, 7) is 16.2. The number of amides is 1. The van der Waals surface area contributed by atoms with Crippen molar-refractivity contribution in [2.75, 3.05) is 13.1 Å². The maximum Gasteiger partial charge on any atom is 0.245 e. The molecule has 0 bridgehead atoms. The van der Waals surface area contributed by atoms with E-state index >= 15 is 0 Å². The van der Waals surface area contributed by atoms with Crippen LogP contribution in [-0.4, -0.2) is 23.9 Å². The van der Waals surface area contributed by atoms with Crippen LogP contribution in [0.4, 0.5) is 0 Å². The zero-order valence-corrected chi connectivity index (χ0v) is 12.3. The van der Waals surface area contributed by atoms with Crippen LogP contribution in [0, 0.1) is 11.3 Å². The largest absolute Gasteiger partial charge is 0.339 e. The average Bonchev–Trinajstić information content (AvgIpc) is 2.54. The van der Waals surface area contributed by atoms with Crippen LogP contribution in [0.2, 0.25) is 0 Å². The number of hydrogen-bond donors (Lipinski definition) is 0. The van der Waals surface area contributed by atoms with Crippen LogP contribution in [0.5, 0.6) is 0 Å². The second kappa shape index (κ2) is 7.52. The van der Waals surface area contributed by atoms with Crippen molar-refractivity contribution in [1.82, 2.24) is 4.90 Å². The molecule has 1 aliphatic rings. The molecular weight excluding hydrogens is 210 g/mol. The van der Waals surface area contributed by atoms with Crippen molar-refractivity contribution < 1.29 is 4.79 Å². The van der Waals surface area contributed by atoms with Gasteiger partial charge in [0.05, 0.1) is 0 Å². The van der Waals surface area contributed by atoms with Gasteiger partial charge in [0.1, 0.15) is 0 Å². The summed E-state index contributed by atoms with van der Waals surface area (Å²) in [5.41, 5.74) is 0.399. The molecule has 1 amide bonds. The minimum Gasteiger partial charge on any atom is -0.339 e. The highest BCUT2D eigenvalue weighted by Crippen LogP contribution is 2.37. The first-order valence-electron chi connectivity index (χ1n) is 6.91. The van der Waals surface area contributed by atoms with E-state index < -0.39 is 0 Å². The minimum absolute atomic E-state index is 0.0861. The van der Waals surface area contributed by atoms with E-state index in [0.29, 0.717) is 11.3 Å². The lowest BCUT2D eigenvalue weighted by atomic mass is 9.73. The molecule has 1 heterocycles. The van der Waals surface area contributed by atoms with E-state index in [1.54, 1.807) is 0 Å². The van der Waals surface area contributed by atoms with Crippen LogP contribution < -0.4 is 0 Å². The van der Waals surface area contributed by atoms with Crippen molar-refractivity contribution in [3.8, 4) is 0 Å². The van der Waals surface area contributed by atoms with Crippen LogP contribution in [0.3, 0.4) is 0 Å². The number of rotatable bonds is 2. The summed E-state index contributed by atoms with van der Waals surface area (Å²) >= 11 is 0. The molecule has 0 spiro atoms. The summed E-state index contributed by atoms with van der Waals surface area (Å²) in [5.74, 6) is 0.777. The minimum atomic E-state index is 0.0861. The first-order chi connectivity index (χ1) is 7.99. The summed E-state index contributed by atoms with van der Waals surface area (Å²) in [7, 11) is 0. The summed E-state index contributed by atoms with van der Waals surface area (Å²) in [6, 6.07) is 0. The zero-order valence-electron chi connectivity index (χ0n) is 12.3. The molecule has 2 heteroatoms. The Hall–Kier alpha value is -0.790. The maximum atomic E-state index is 11.5.